The zero-order valence-electron chi connectivity index (χ0n) is 20.8. The minimum Gasteiger partial charge on any atom is -0.334 e. The van der Waals surface area contributed by atoms with Crippen LogP contribution in [0.1, 0.15) is 21.5 Å². The first kappa shape index (κ1) is 23.0. The van der Waals surface area contributed by atoms with Gasteiger partial charge in [0, 0.05) is 35.8 Å². The molecule has 0 bridgehead atoms. The summed E-state index contributed by atoms with van der Waals surface area (Å²) < 4.78 is 16.0. The lowest BCUT2D eigenvalue weighted by atomic mass is 9.98. The second kappa shape index (κ2) is 9.29. The molecular weight excluding hydrogens is 493 g/mol. The van der Waals surface area contributed by atoms with E-state index in [1.807, 2.05) is 65.7 Å². The van der Waals surface area contributed by atoms with Gasteiger partial charge in [0.25, 0.3) is 5.91 Å². The van der Waals surface area contributed by atoms with Crippen molar-refractivity contribution in [1.82, 2.24) is 35.1 Å². The fraction of sp³-hybridized carbons (Fsp3) is 0.100. The van der Waals surface area contributed by atoms with Crippen molar-refractivity contribution in [2.45, 2.75) is 13.0 Å². The Balaban J connectivity index is 1.18. The van der Waals surface area contributed by atoms with E-state index in [1.165, 1.54) is 11.8 Å². The molecule has 0 aliphatic carbocycles. The monoisotopic (exact) mass is 515 g/mol. The SMILES string of the molecule is O=C(c1ccccc1)N1CCc2ccc(-n3cc(-c4n[nH]c5ccc(-c6cccnc6F)cc45)nn3)cc2C1. The molecule has 39 heavy (non-hydrogen) atoms. The molecule has 6 aromatic rings. The molecular formula is C30H22FN7O. The van der Waals surface area contributed by atoms with Crippen LogP contribution in [0.4, 0.5) is 4.39 Å². The summed E-state index contributed by atoms with van der Waals surface area (Å²) in [6.07, 6.45) is 4.05. The molecule has 0 saturated heterocycles. The molecule has 0 radical (unpaired) electrons. The van der Waals surface area contributed by atoms with Crippen LogP contribution in [0.3, 0.4) is 0 Å². The summed E-state index contributed by atoms with van der Waals surface area (Å²) >= 11 is 0. The minimum absolute atomic E-state index is 0.0330. The Morgan fingerprint density at radius 2 is 1.85 bits per heavy atom. The lowest BCUT2D eigenvalue weighted by Crippen LogP contribution is -2.36. The number of carbonyl (C=O) groups excluding carboxylic acids is 1. The standard InChI is InChI=1S/C30H22FN7O/c31-29-24(7-4-13-32-29)21-9-11-26-25(16-21)28(35-33-26)27-18-38(36-34-27)23-10-8-19-12-14-37(17-22(19)15-23)30(39)20-5-2-1-3-6-20/h1-11,13,15-16,18H,12,14,17H2,(H,33,35). The van der Waals surface area contributed by atoms with E-state index in [1.54, 1.807) is 16.8 Å². The van der Waals surface area contributed by atoms with Gasteiger partial charge in [0.1, 0.15) is 11.4 Å². The zero-order chi connectivity index (χ0) is 26.3. The van der Waals surface area contributed by atoms with Crippen molar-refractivity contribution in [3.8, 4) is 28.2 Å². The third-order valence-electron chi connectivity index (χ3n) is 7.14. The van der Waals surface area contributed by atoms with Gasteiger partial charge in [0.15, 0.2) is 0 Å². The van der Waals surface area contributed by atoms with Crippen molar-refractivity contribution in [2.24, 2.45) is 0 Å². The number of amides is 1. The normalized spacial score (nSPS) is 13.0. The van der Waals surface area contributed by atoms with Crippen LogP contribution < -0.4 is 0 Å². The van der Waals surface area contributed by atoms with Crippen molar-refractivity contribution < 1.29 is 9.18 Å². The molecule has 0 saturated carbocycles. The van der Waals surface area contributed by atoms with E-state index in [9.17, 15) is 9.18 Å². The van der Waals surface area contributed by atoms with Crippen molar-refractivity contribution in [2.75, 3.05) is 6.54 Å². The summed E-state index contributed by atoms with van der Waals surface area (Å²) in [4.78, 5) is 18.6. The predicted molar refractivity (Wildman–Crippen MR) is 145 cm³/mol. The topological polar surface area (TPSA) is 92.6 Å². The van der Waals surface area contributed by atoms with Crippen molar-refractivity contribution in [1.29, 1.82) is 0 Å². The van der Waals surface area contributed by atoms with Gasteiger partial charge < -0.3 is 4.90 Å². The quantitative estimate of drug-likeness (QED) is 0.326. The molecule has 190 valence electrons. The summed E-state index contributed by atoms with van der Waals surface area (Å²) in [5, 5.41) is 17.0. The number of carbonyl (C=O) groups is 1. The maximum atomic E-state index is 14.3. The van der Waals surface area contributed by atoms with Gasteiger partial charge in [0.2, 0.25) is 5.95 Å². The molecule has 1 aliphatic rings. The van der Waals surface area contributed by atoms with Gasteiger partial charge in [-0.3, -0.25) is 9.89 Å². The number of benzene rings is 3. The average molecular weight is 516 g/mol. The van der Waals surface area contributed by atoms with Crippen LogP contribution in [-0.2, 0) is 13.0 Å². The molecule has 3 aromatic heterocycles. The molecule has 3 aromatic carbocycles. The Bertz CT molecular complexity index is 1840. The summed E-state index contributed by atoms with van der Waals surface area (Å²) in [5.41, 5.74) is 7.00. The van der Waals surface area contributed by atoms with Crippen LogP contribution in [0.25, 0.3) is 39.1 Å². The third kappa shape index (κ3) is 4.14. The largest absolute Gasteiger partial charge is 0.334 e. The van der Waals surface area contributed by atoms with Crippen LogP contribution in [0.5, 0.6) is 0 Å². The van der Waals surface area contributed by atoms with E-state index in [4.69, 9.17) is 0 Å². The Morgan fingerprint density at radius 1 is 0.949 bits per heavy atom. The van der Waals surface area contributed by atoms with E-state index in [2.05, 4.69) is 37.6 Å². The number of aromatic amines is 1. The molecule has 0 spiro atoms. The molecule has 7 rings (SSSR count). The maximum absolute atomic E-state index is 14.3. The first-order valence-corrected chi connectivity index (χ1v) is 12.6. The summed E-state index contributed by atoms with van der Waals surface area (Å²) in [5.74, 6) is -0.491. The number of nitrogens with zero attached hydrogens (tertiary/aromatic N) is 6. The minimum atomic E-state index is -0.524. The van der Waals surface area contributed by atoms with E-state index >= 15 is 0 Å². The molecule has 1 N–H and O–H groups in total. The van der Waals surface area contributed by atoms with E-state index < -0.39 is 5.95 Å². The highest BCUT2D eigenvalue weighted by Crippen LogP contribution is 2.31. The summed E-state index contributed by atoms with van der Waals surface area (Å²) in [6.45, 7) is 1.22. The van der Waals surface area contributed by atoms with E-state index in [0.717, 1.165) is 28.6 Å². The second-order valence-electron chi connectivity index (χ2n) is 9.52. The smallest absolute Gasteiger partial charge is 0.254 e. The van der Waals surface area contributed by atoms with Crippen LogP contribution >= 0.6 is 0 Å². The van der Waals surface area contributed by atoms with Gasteiger partial charge >= 0.3 is 0 Å². The predicted octanol–water partition coefficient (Wildman–Crippen LogP) is 5.21. The number of hydrogen-bond donors (Lipinski definition) is 1. The average Bonchev–Trinajstić information content (AvgIpc) is 3.64. The number of pyridine rings is 1. The van der Waals surface area contributed by atoms with Gasteiger partial charge in [-0.25, -0.2) is 9.67 Å². The lowest BCUT2D eigenvalue weighted by molar-refractivity contribution is 0.0734. The Hall–Kier alpha value is -5.18. The maximum Gasteiger partial charge on any atom is 0.254 e. The van der Waals surface area contributed by atoms with Crippen LogP contribution in [0.2, 0.25) is 0 Å². The number of aromatic nitrogens is 6. The van der Waals surface area contributed by atoms with Crippen molar-refractivity contribution in [3.05, 3.63) is 114 Å². The highest BCUT2D eigenvalue weighted by Gasteiger charge is 2.22. The molecule has 0 atom stereocenters. The van der Waals surface area contributed by atoms with Gasteiger partial charge in [-0.2, -0.15) is 9.49 Å². The molecule has 9 heteroatoms. The van der Waals surface area contributed by atoms with Crippen molar-refractivity contribution >= 4 is 16.8 Å². The van der Waals surface area contributed by atoms with E-state index in [-0.39, 0.29) is 5.91 Å². The number of nitrogens with one attached hydrogen (secondary N) is 1. The van der Waals surface area contributed by atoms with E-state index in [0.29, 0.717) is 41.2 Å². The fourth-order valence-corrected chi connectivity index (χ4v) is 5.10. The fourth-order valence-electron chi connectivity index (χ4n) is 5.10. The molecule has 0 fully saturated rings. The molecule has 1 aliphatic heterocycles. The number of H-pyrrole nitrogens is 1. The van der Waals surface area contributed by atoms with Crippen molar-refractivity contribution in [3.63, 3.8) is 0 Å². The van der Waals surface area contributed by atoms with Gasteiger partial charge in [-0.05, 0) is 71.6 Å². The number of rotatable bonds is 4. The molecule has 0 unspecified atom stereocenters. The number of hydrogen-bond acceptors (Lipinski definition) is 5. The van der Waals surface area contributed by atoms with Gasteiger partial charge in [-0.15, -0.1) is 5.10 Å². The van der Waals surface area contributed by atoms with Gasteiger partial charge in [0.05, 0.1) is 17.4 Å². The summed E-state index contributed by atoms with van der Waals surface area (Å²) in [7, 11) is 0. The molecule has 1 amide bonds. The van der Waals surface area contributed by atoms with Crippen LogP contribution in [-0.4, -0.2) is 47.5 Å². The Kier molecular flexibility index (Phi) is 5.47. The van der Waals surface area contributed by atoms with Crippen LogP contribution in [0.15, 0.2) is 91.3 Å². The second-order valence-corrected chi connectivity index (χ2v) is 9.52. The third-order valence-corrected chi connectivity index (χ3v) is 7.14. The van der Waals surface area contributed by atoms with Gasteiger partial charge in [-0.1, -0.05) is 35.5 Å². The molecule has 4 heterocycles. The van der Waals surface area contributed by atoms with Crippen LogP contribution in [0, 0.1) is 5.95 Å². The Morgan fingerprint density at radius 3 is 2.72 bits per heavy atom. The summed E-state index contributed by atoms with van der Waals surface area (Å²) in [6, 6.07) is 24.5. The molecule has 8 nitrogen and oxygen atoms in total. The highest BCUT2D eigenvalue weighted by molar-refractivity contribution is 5.95. The highest BCUT2D eigenvalue weighted by atomic mass is 19.1. The lowest BCUT2D eigenvalue weighted by Gasteiger charge is -2.29. The Labute approximate surface area is 222 Å². The first-order valence-electron chi connectivity index (χ1n) is 12.6. The zero-order valence-corrected chi connectivity index (χ0v) is 20.8. The number of fused-ring (bicyclic) bond motifs is 2. The first-order chi connectivity index (χ1) is 19.1. The number of halogens is 1.